The zero-order valence-corrected chi connectivity index (χ0v) is 10.9. The van der Waals surface area contributed by atoms with Gasteiger partial charge in [0.05, 0.1) is 6.04 Å². The van der Waals surface area contributed by atoms with Crippen molar-refractivity contribution in [2.75, 3.05) is 6.54 Å². The normalized spacial score (nSPS) is 24.1. The molecular weight excluding hydrogens is 214 g/mol. The molecule has 3 nitrogen and oxygen atoms in total. The van der Waals surface area contributed by atoms with Crippen molar-refractivity contribution in [3.8, 4) is 0 Å². The van der Waals surface area contributed by atoms with Crippen molar-refractivity contribution in [3.63, 3.8) is 0 Å². The minimum Gasteiger partial charge on any atom is -0.444 e. The largest absolute Gasteiger partial charge is 0.444 e. The van der Waals surface area contributed by atoms with Crippen molar-refractivity contribution in [1.82, 2.24) is 4.90 Å². The quantitative estimate of drug-likeness (QED) is 0.698. The molecule has 0 spiro atoms. The van der Waals surface area contributed by atoms with Crippen LogP contribution < -0.4 is 0 Å². The fraction of sp³-hybridized carbons (Fsp3) is 0.643. The van der Waals surface area contributed by atoms with Crippen LogP contribution in [0.15, 0.2) is 23.8 Å². The van der Waals surface area contributed by atoms with Crippen molar-refractivity contribution in [2.24, 2.45) is 0 Å². The minimum atomic E-state index is -0.410. The van der Waals surface area contributed by atoms with Crippen LogP contribution in [0.3, 0.4) is 0 Å². The third kappa shape index (κ3) is 2.90. The second kappa shape index (κ2) is 4.55. The first-order valence-electron chi connectivity index (χ1n) is 6.32. The Labute approximate surface area is 103 Å². The van der Waals surface area contributed by atoms with Gasteiger partial charge in [0.1, 0.15) is 5.60 Å². The topological polar surface area (TPSA) is 29.5 Å². The van der Waals surface area contributed by atoms with Crippen molar-refractivity contribution >= 4 is 6.09 Å². The van der Waals surface area contributed by atoms with E-state index in [2.05, 4.69) is 18.2 Å². The smallest absolute Gasteiger partial charge is 0.410 e. The molecule has 1 heterocycles. The standard InChI is InChI=1S/C14H21NO2/c1-14(2,3)17-13(16)15-10-6-9-12(15)11-7-4-5-8-11/h4-5,7,12H,6,8-10H2,1-3H3/t12-/m0/s1. The van der Waals surface area contributed by atoms with Crippen LogP contribution >= 0.6 is 0 Å². The lowest BCUT2D eigenvalue weighted by atomic mass is 10.0. The number of carbonyl (C=O) groups excluding carboxylic acids is 1. The molecule has 3 heteroatoms. The molecule has 0 saturated carbocycles. The van der Waals surface area contributed by atoms with Gasteiger partial charge in [-0.25, -0.2) is 4.79 Å². The van der Waals surface area contributed by atoms with E-state index >= 15 is 0 Å². The molecule has 0 N–H and O–H groups in total. The van der Waals surface area contributed by atoms with Gasteiger partial charge in [0.15, 0.2) is 0 Å². The van der Waals surface area contributed by atoms with Crippen LogP contribution in [0.2, 0.25) is 0 Å². The second-order valence-corrected chi connectivity index (χ2v) is 5.71. The van der Waals surface area contributed by atoms with E-state index in [1.807, 2.05) is 25.7 Å². The molecule has 0 aromatic heterocycles. The molecule has 94 valence electrons. The Morgan fingerprint density at radius 1 is 1.47 bits per heavy atom. The fourth-order valence-corrected chi connectivity index (χ4v) is 2.40. The molecule has 1 atom stereocenters. The predicted octanol–water partition coefficient (Wildman–Crippen LogP) is 3.27. The van der Waals surface area contributed by atoms with E-state index in [1.54, 1.807) is 0 Å². The molecule has 2 rings (SSSR count). The number of ether oxygens (including phenoxy) is 1. The number of rotatable bonds is 1. The number of hydrogen-bond acceptors (Lipinski definition) is 2. The molecule has 0 aromatic carbocycles. The summed E-state index contributed by atoms with van der Waals surface area (Å²) < 4.78 is 5.45. The van der Waals surface area contributed by atoms with Crippen LogP contribution in [0.1, 0.15) is 40.0 Å². The Hall–Kier alpha value is -1.25. The molecular formula is C14H21NO2. The monoisotopic (exact) mass is 235 g/mol. The van der Waals surface area contributed by atoms with Crippen molar-refractivity contribution in [2.45, 2.75) is 51.7 Å². The number of likely N-dealkylation sites (tertiary alicyclic amines) is 1. The van der Waals surface area contributed by atoms with Crippen LogP contribution in [0, 0.1) is 0 Å². The summed E-state index contributed by atoms with van der Waals surface area (Å²) in [5, 5.41) is 0. The highest BCUT2D eigenvalue weighted by Crippen LogP contribution is 2.29. The van der Waals surface area contributed by atoms with Gasteiger partial charge in [-0.2, -0.15) is 0 Å². The van der Waals surface area contributed by atoms with Crippen LogP contribution in [0.25, 0.3) is 0 Å². The minimum absolute atomic E-state index is 0.173. The number of amides is 1. The highest BCUT2D eigenvalue weighted by Gasteiger charge is 2.34. The number of carbonyl (C=O) groups is 1. The first-order valence-corrected chi connectivity index (χ1v) is 6.32. The second-order valence-electron chi connectivity index (χ2n) is 5.71. The first kappa shape index (κ1) is 12.2. The first-order chi connectivity index (χ1) is 7.97. The highest BCUT2D eigenvalue weighted by atomic mass is 16.6. The van der Waals surface area contributed by atoms with Gasteiger partial charge in [0.25, 0.3) is 0 Å². The summed E-state index contributed by atoms with van der Waals surface area (Å²) in [7, 11) is 0. The van der Waals surface area contributed by atoms with Crippen LogP contribution in [0.4, 0.5) is 4.79 Å². The van der Waals surface area contributed by atoms with E-state index in [9.17, 15) is 4.79 Å². The van der Waals surface area contributed by atoms with E-state index in [0.717, 1.165) is 25.8 Å². The third-order valence-electron chi connectivity index (χ3n) is 3.11. The Morgan fingerprint density at radius 2 is 2.24 bits per heavy atom. The maximum Gasteiger partial charge on any atom is 0.410 e. The lowest BCUT2D eigenvalue weighted by molar-refractivity contribution is 0.0248. The van der Waals surface area contributed by atoms with E-state index in [4.69, 9.17) is 4.74 Å². The average Bonchev–Trinajstić information content (AvgIpc) is 2.85. The van der Waals surface area contributed by atoms with Gasteiger partial charge in [0.2, 0.25) is 0 Å². The molecule has 1 aliphatic carbocycles. The van der Waals surface area contributed by atoms with Crippen molar-refractivity contribution < 1.29 is 9.53 Å². The number of allylic oxidation sites excluding steroid dienone is 3. The zero-order valence-electron chi connectivity index (χ0n) is 10.9. The van der Waals surface area contributed by atoms with Gasteiger partial charge in [-0.1, -0.05) is 18.2 Å². The molecule has 1 aliphatic heterocycles. The van der Waals surface area contributed by atoms with Gasteiger partial charge in [0, 0.05) is 6.54 Å². The molecule has 0 unspecified atom stereocenters. The molecule has 1 amide bonds. The van der Waals surface area contributed by atoms with Crippen molar-refractivity contribution in [3.05, 3.63) is 23.8 Å². The number of hydrogen-bond donors (Lipinski definition) is 0. The Balaban J connectivity index is 2.02. The van der Waals surface area contributed by atoms with Gasteiger partial charge in [-0.15, -0.1) is 0 Å². The van der Waals surface area contributed by atoms with Crippen LogP contribution in [0.5, 0.6) is 0 Å². The maximum absolute atomic E-state index is 12.1. The van der Waals surface area contributed by atoms with E-state index in [1.165, 1.54) is 5.57 Å². The van der Waals surface area contributed by atoms with Crippen LogP contribution in [-0.2, 0) is 4.74 Å². The number of nitrogens with zero attached hydrogens (tertiary/aromatic N) is 1. The van der Waals surface area contributed by atoms with E-state index in [0.29, 0.717) is 0 Å². The predicted molar refractivity (Wildman–Crippen MR) is 67.8 cm³/mol. The Kier molecular flexibility index (Phi) is 3.27. The SMILES string of the molecule is CC(C)(C)OC(=O)N1CCC[C@H]1C1=CC=CC1. The molecule has 2 aliphatic rings. The van der Waals surface area contributed by atoms with Gasteiger partial charge in [-0.3, -0.25) is 0 Å². The summed E-state index contributed by atoms with van der Waals surface area (Å²) >= 11 is 0. The maximum atomic E-state index is 12.1. The van der Waals surface area contributed by atoms with E-state index in [-0.39, 0.29) is 12.1 Å². The average molecular weight is 235 g/mol. The zero-order chi connectivity index (χ0) is 12.5. The van der Waals surface area contributed by atoms with Gasteiger partial charge >= 0.3 is 6.09 Å². The molecule has 0 aromatic rings. The summed E-state index contributed by atoms with van der Waals surface area (Å²) in [4.78, 5) is 14.0. The highest BCUT2D eigenvalue weighted by molar-refractivity contribution is 5.69. The van der Waals surface area contributed by atoms with Crippen molar-refractivity contribution in [1.29, 1.82) is 0 Å². The van der Waals surface area contributed by atoms with Crippen LogP contribution in [-0.4, -0.2) is 29.2 Å². The summed E-state index contributed by atoms with van der Waals surface area (Å²) in [6.07, 6.45) is 9.28. The fourth-order valence-electron chi connectivity index (χ4n) is 2.40. The Morgan fingerprint density at radius 3 is 2.82 bits per heavy atom. The summed E-state index contributed by atoms with van der Waals surface area (Å²) in [6, 6.07) is 0.250. The molecule has 0 bridgehead atoms. The molecule has 0 radical (unpaired) electrons. The lowest BCUT2D eigenvalue weighted by Crippen LogP contribution is -2.40. The van der Waals surface area contributed by atoms with Gasteiger partial charge < -0.3 is 9.64 Å². The summed E-state index contributed by atoms with van der Waals surface area (Å²) in [5.41, 5.74) is 0.931. The molecule has 17 heavy (non-hydrogen) atoms. The third-order valence-corrected chi connectivity index (χ3v) is 3.11. The molecule has 1 saturated heterocycles. The Bertz CT molecular complexity index is 363. The van der Waals surface area contributed by atoms with E-state index < -0.39 is 5.60 Å². The molecule has 1 fully saturated rings. The summed E-state index contributed by atoms with van der Waals surface area (Å²) in [5.74, 6) is 0. The lowest BCUT2D eigenvalue weighted by Gasteiger charge is -2.29. The summed E-state index contributed by atoms with van der Waals surface area (Å²) in [6.45, 7) is 6.54. The van der Waals surface area contributed by atoms with Gasteiger partial charge in [-0.05, 0) is 45.6 Å².